The van der Waals surface area contributed by atoms with Crippen molar-refractivity contribution in [2.45, 2.75) is 39.7 Å². The number of benzene rings is 1. The molecule has 0 aromatic heterocycles. The van der Waals surface area contributed by atoms with Gasteiger partial charge in [0.05, 0.1) is 0 Å². The maximum atomic E-state index is 3.54. The zero-order valence-electron chi connectivity index (χ0n) is 10.7. The monoisotopic (exact) mass is 217 g/mol. The van der Waals surface area contributed by atoms with Crippen LogP contribution in [0.3, 0.4) is 0 Å². The van der Waals surface area contributed by atoms with Gasteiger partial charge in [-0.05, 0) is 51.3 Å². The SMILES string of the molecule is C/C=C/CCNC(C)Cc1ccccc1C. The Hall–Kier alpha value is -1.08. The van der Waals surface area contributed by atoms with Gasteiger partial charge in [0, 0.05) is 6.04 Å². The normalized spacial score (nSPS) is 13.2. The molecule has 1 atom stereocenters. The van der Waals surface area contributed by atoms with E-state index in [0.29, 0.717) is 6.04 Å². The molecule has 0 aliphatic heterocycles. The summed E-state index contributed by atoms with van der Waals surface area (Å²) in [4.78, 5) is 0. The van der Waals surface area contributed by atoms with Crippen LogP contribution in [0, 0.1) is 6.92 Å². The van der Waals surface area contributed by atoms with Crippen LogP contribution in [0.2, 0.25) is 0 Å². The molecule has 0 saturated heterocycles. The van der Waals surface area contributed by atoms with Crippen molar-refractivity contribution >= 4 is 0 Å². The summed E-state index contributed by atoms with van der Waals surface area (Å²) in [6.07, 6.45) is 6.54. The maximum absolute atomic E-state index is 3.54. The van der Waals surface area contributed by atoms with Gasteiger partial charge in [0.1, 0.15) is 0 Å². The van der Waals surface area contributed by atoms with Crippen LogP contribution in [0.4, 0.5) is 0 Å². The average molecular weight is 217 g/mol. The summed E-state index contributed by atoms with van der Waals surface area (Å²) < 4.78 is 0. The molecule has 0 aliphatic carbocycles. The number of aryl methyl sites for hydroxylation is 1. The molecule has 16 heavy (non-hydrogen) atoms. The van der Waals surface area contributed by atoms with Crippen LogP contribution >= 0.6 is 0 Å². The minimum absolute atomic E-state index is 0.548. The Morgan fingerprint density at radius 3 is 2.75 bits per heavy atom. The fraction of sp³-hybridized carbons (Fsp3) is 0.467. The highest BCUT2D eigenvalue weighted by Gasteiger charge is 2.03. The van der Waals surface area contributed by atoms with E-state index >= 15 is 0 Å². The second-order valence-corrected chi connectivity index (χ2v) is 4.34. The van der Waals surface area contributed by atoms with Gasteiger partial charge in [-0.2, -0.15) is 0 Å². The lowest BCUT2D eigenvalue weighted by Gasteiger charge is -2.14. The third-order valence-corrected chi connectivity index (χ3v) is 2.83. The second kappa shape index (κ2) is 7.24. The molecule has 1 unspecified atom stereocenters. The summed E-state index contributed by atoms with van der Waals surface area (Å²) in [6.45, 7) is 7.57. The van der Waals surface area contributed by atoms with E-state index in [4.69, 9.17) is 0 Å². The van der Waals surface area contributed by atoms with Crippen molar-refractivity contribution in [1.29, 1.82) is 0 Å². The highest BCUT2D eigenvalue weighted by molar-refractivity contribution is 5.26. The molecule has 1 aromatic rings. The highest BCUT2D eigenvalue weighted by Crippen LogP contribution is 2.09. The average Bonchev–Trinajstić information content (AvgIpc) is 2.28. The van der Waals surface area contributed by atoms with Crippen LogP contribution in [0.5, 0.6) is 0 Å². The van der Waals surface area contributed by atoms with Crippen LogP contribution in [0.1, 0.15) is 31.4 Å². The molecule has 0 spiro atoms. The van der Waals surface area contributed by atoms with Crippen LogP contribution in [-0.2, 0) is 6.42 Å². The Bertz CT molecular complexity index is 328. The summed E-state index contributed by atoms with van der Waals surface area (Å²) in [7, 11) is 0. The van der Waals surface area contributed by atoms with Gasteiger partial charge < -0.3 is 5.32 Å². The molecular formula is C15H23N. The second-order valence-electron chi connectivity index (χ2n) is 4.34. The van der Waals surface area contributed by atoms with E-state index in [2.05, 4.69) is 62.5 Å². The molecule has 1 nitrogen and oxygen atoms in total. The molecule has 0 radical (unpaired) electrons. The lowest BCUT2D eigenvalue weighted by atomic mass is 10.0. The first-order valence-corrected chi connectivity index (χ1v) is 6.13. The molecule has 0 saturated carbocycles. The van der Waals surface area contributed by atoms with E-state index in [1.165, 1.54) is 11.1 Å². The number of hydrogen-bond donors (Lipinski definition) is 1. The predicted molar refractivity (Wildman–Crippen MR) is 71.8 cm³/mol. The number of hydrogen-bond acceptors (Lipinski definition) is 1. The number of rotatable bonds is 6. The molecule has 0 bridgehead atoms. The lowest BCUT2D eigenvalue weighted by Crippen LogP contribution is -2.28. The maximum Gasteiger partial charge on any atom is 0.00793 e. The third-order valence-electron chi connectivity index (χ3n) is 2.83. The summed E-state index contributed by atoms with van der Waals surface area (Å²) in [5.74, 6) is 0. The standard InChI is InChI=1S/C15H23N/c1-4-5-8-11-16-14(3)12-15-10-7-6-9-13(15)2/h4-7,9-10,14,16H,8,11-12H2,1-3H3/b5-4+. The molecule has 0 aliphatic rings. The van der Waals surface area contributed by atoms with Gasteiger partial charge in [-0.15, -0.1) is 0 Å². The molecule has 0 fully saturated rings. The van der Waals surface area contributed by atoms with E-state index in [9.17, 15) is 0 Å². The molecular weight excluding hydrogens is 194 g/mol. The van der Waals surface area contributed by atoms with Crippen LogP contribution in [-0.4, -0.2) is 12.6 Å². The Morgan fingerprint density at radius 1 is 1.31 bits per heavy atom. The summed E-state index contributed by atoms with van der Waals surface area (Å²) in [6, 6.07) is 9.17. The Balaban J connectivity index is 2.34. The zero-order chi connectivity index (χ0) is 11.8. The van der Waals surface area contributed by atoms with Crippen LogP contribution in [0.15, 0.2) is 36.4 Å². The van der Waals surface area contributed by atoms with Crippen molar-refractivity contribution < 1.29 is 0 Å². The van der Waals surface area contributed by atoms with Crippen LogP contribution < -0.4 is 5.32 Å². The van der Waals surface area contributed by atoms with Crippen molar-refractivity contribution in [3.63, 3.8) is 0 Å². The fourth-order valence-corrected chi connectivity index (χ4v) is 1.82. The van der Waals surface area contributed by atoms with Gasteiger partial charge >= 0.3 is 0 Å². The van der Waals surface area contributed by atoms with Crippen molar-refractivity contribution in [1.82, 2.24) is 5.32 Å². The van der Waals surface area contributed by atoms with Gasteiger partial charge in [-0.25, -0.2) is 0 Å². The van der Waals surface area contributed by atoms with Crippen molar-refractivity contribution in [3.8, 4) is 0 Å². The van der Waals surface area contributed by atoms with E-state index in [-0.39, 0.29) is 0 Å². The Morgan fingerprint density at radius 2 is 2.06 bits per heavy atom. The minimum atomic E-state index is 0.548. The predicted octanol–water partition coefficient (Wildman–Crippen LogP) is 3.48. The van der Waals surface area contributed by atoms with E-state index in [1.54, 1.807) is 0 Å². The minimum Gasteiger partial charge on any atom is -0.314 e. The van der Waals surface area contributed by atoms with Gasteiger partial charge in [-0.1, -0.05) is 36.4 Å². The van der Waals surface area contributed by atoms with Crippen LogP contribution in [0.25, 0.3) is 0 Å². The van der Waals surface area contributed by atoms with Crippen molar-refractivity contribution in [2.24, 2.45) is 0 Å². The molecule has 1 heteroatoms. The molecule has 0 heterocycles. The molecule has 1 N–H and O–H groups in total. The first-order chi connectivity index (χ1) is 7.74. The largest absolute Gasteiger partial charge is 0.314 e. The van der Waals surface area contributed by atoms with E-state index in [0.717, 1.165) is 19.4 Å². The van der Waals surface area contributed by atoms with Gasteiger partial charge in [0.25, 0.3) is 0 Å². The summed E-state index contributed by atoms with van der Waals surface area (Å²) >= 11 is 0. The van der Waals surface area contributed by atoms with Gasteiger partial charge in [0.2, 0.25) is 0 Å². The highest BCUT2D eigenvalue weighted by atomic mass is 14.9. The quantitative estimate of drug-likeness (QED) is 0.568. The zero-order valence-corrected chi connectivity index (χ0v) is 10.7. The topological polar surface area (TPSA) is 12.0 Å². The summed E-state index contributed by atoms with van der Waals surface area (Å²) in [5, 5.41) is 3.54. The third kappa shape index (κ3) is 4.63. The van der Waals surface area contributed by atoms with Gasteiger partial charge in [-0.3, -0.25) is 0 Å². The van der Waals surface area contributed by atoms with Crippen molar-refractivity contribution in [2.75, 3.05) is 6.54 Å². The first-order valence-electron chi connectivity index (χ1n) is 6.13. The smallest absolute Gasteiger partial charge is 0.00793 e. The lowest BCUT2D eigenvalue weighted by molar-refractivity contribution is 0.551. The van der Waals surface area contributed by atoms with Gasteiger partial charge in [0.15, 0.2) is 0 Å². The Labute approximate surface area is 99.6 Å². The van der Waals surface area contributed by atoms with Crippen molar-refractivity contribution in [3.05, 3.63) is 47.5 Å². The molecule has 1 rings (SSSR count). The molecule has 88 valence electrons. The van der Waals surface area contributed by atoms with E-state index < -0.39 is 0 Å². The molecule has 0 amide bonds. The fourth-order valence-electron chi connectivity index (χ4n) is 1.82. The molecule has 1 aromatic carbocycles. The number of nitrogens with one attached hydrogen (secondary N) is 1. The Kier molecular flexibility index (Phi) is 5.87. The van der Waals surface area contributed by atoms with E-state index in [1.807, 2.05) is 0 Å². The summed E-state index contributed by atoms with van der Waals surface area (Å²) in [5.41, 5.74) is 2.85. The number of allylic oxidation sites excluding steroid dienone is 1. The first kappa shape index (κ1) is 13.0.